The predicted molar refractivity (Wildman–Crippen MR) is 61.7 cm³/mol. The van der Waals surface area contributed by atoms with Crippen LogP contribution in [0.1, 0.15) is 21.0 Å². The lowest BCUT2D eigenvalue weighted by molar-refractivity contribution is 0.0690. The molecule has 0 fully saturated rings. The molecule has 0 atom stereocenters. The zero-order valence-corrected chi connectivity index (χ0v) is 9.49. The van der Waals surface area contributed by atoms with Gasteiger partial charge in [-0.15, -0.1) is 0 Å². The first kappa shape index (κ1) is 11.8. The van der Waals surface area contributed by atoms with Crippen LogP contribution in [0.15, 0.2) is 30.6 Å². The van der Waals surface area contributed by atoms with Crippen LogP contribution >= 0.6 is 0 Å². The summed E-state index contributed by atoms with van der Waals surface area (Å²) >= 11 is 0. The van der Waals surface area contributed by atoms with Crippen molar-refractivity contribution >= 4 is 11.9 Å². The minimum atomic E-state index is -1.09. The van der Waals surface area contributed by atoms with Crippen molar-refractivity contribution in [2.45, 2.75) is 0 Å². The van der Waals surface area contributed by atoms with E-state index in [1.54, 1.807) is 18.3 Å². The highest BCUT2D eigenvalue weighted by molar-refractivity contribution is 5.91. The first-order chi connectivity index (χ1) is 8.61. The lowest BCUT2D eigenvalue weighted by Gasteiger charge is -2.00. The maximum atomic E-state index is 11.3. The van der Waals surface area contributed by atoms with Crippen LogP contribution < -0.4 is 5.32 Å². The van der Waals surface area contributed by atoms with E-state index < -0.39 is 5.97 Å². The maximum Gasteiger partial charge on any atom is 0.354 e. The van der Waals surface area contributed by atoms with Gasteiger partial charge in [-0.1, -0.05) is 0 Å². The zero-order valence-electron chi connectivity index (χ0n) is 9.49. The predicted octanol–water partition coefficient (Wildman–Crippen LogP) is 0.325. The molecular weight excluding hydrogens is 236 g/mol. The van der Waals surface area contributed by atoms with Crippen molar-refractivity contribution in [2.75, 3.05) is 7.05 Å². The van der Waals surface area contributed by atoms with Crippen molar-refractivity contribution in [3.8, 4) is 5.69 Å². The molecule has 2 aromatic rings. The molecule has 7 heteroatoms. The van der Waals surface area contributed by atoms with Crippen LogP contribution in [0, 0.1) is 0 Å². The first-order valence-corrected chi connectivity index (χ1v) is 5.09. The van der Waals surface area contributed by atoms with Gasteiger partial charge in [-0.05, 0) is 18.2 Å². The van der Waals surface area contributed by atoms with Gasteiger partial charge in [0.25, 0.3) is 5.91 Å². The minimum Gasteiger partial charge on any atom is -0.477 e. The molecule has 0 spiro atoms. The van der Waals surface area contributed by atoms with Crippen molar-refractivity contribution in [3.05, 3.63) is 42.0 Å². The van der Waals surface area contributed by atoms with Gasteiger partial charge in [0.05, 0.1) is 11.9 Å². The molecule has 0 aliphatic rings. The second-order valence-corrected chi connectivity index (χ2v) is 3.43. The molecule has 0 saturated carbocycles. The number of carbonyl (C=O) groups excluding carboxylic acids is 1. The second-order valence-electron chi connectivity index (χ2n) is 3.43. The minimum absolute atomic E-state index is 0.0440. The fraction of sp³-hybridized carbons (Fsp3) is 0.0909. The highest BCUT2D eigenvalue weighted by Gasteiger charge is 2.09. The van der Waals surface area contributed by atoms with Gasteiger partial charge in [0.2, 0.25) is 0 Å². The number of rotatable bonds is 3. The topological polar surface area (TPSA) is 97.1 Å². The van der Waals surface area contributed by atoms with Gasteiger partial charge in [0.15, 0.2) is 5.69 Å². The lowest BCUT2D eigenvalue weighted by atomic mass is 10.3. The molecule has 1 amide bonds. The smallest absolute Gasteiger partial charge is 0.354 e. The summed E-state index contributed by atoms with van der Waals surface area (Å²) < 4.78 is 1.45. The van der Waals surface area contributed by atoms with E-state index in [1.807, 2.05) is 0 Å². The third-order valence-corrected chi connectivity index (χ3v) is 2.28. The Morgan fingerprint density at radius 1 is 1.28 bits per heavy atom. The normalized spacial score (nSPS) is 10.1. The Labute approximate surface area is 102 Å². The number of pyridine rings is 1. The number of carbonyl (C=O) groups is 2. The van der Waals surface area contributed by atoms with Gasteiger partial charge < -0.3 is 10.4 Å². The Bertz CT molecular complexity index is 589. The Kier molecular flexibility index (Phi) is 3.05. The number of aromatic nitrogens is 3. The average Bonchev–Trinajstić information content (AvgIpc) is 2.87. The highest BCUT2D eigenvalue weighted by atomic mass is 16.4. The Hall–Kier alpha value is -2.70. The van der Waals surface area contributed by atoms with Crippen LogP contribution in [0.4, 0.5) is 0 Å². The van der Waals surface area contributed by atoms with Crippen molar-refractivity contribution in [2.24, 2.45) is 0 Å². The second kappa shape index (κ2) is 4.66. The summed E-state index contributed by atoms with van der Waals surface area (Å²) in [5, 5.41) is 15.2. The van der Waals surface area contributed by atoms with Gasteiger partial charge in [-0.25, -0.2) is 14.5 Å². The molecule has 92 valence electrons. The molecule has 2 aromatic heterocycles. The van der Waals surface area contributed by atoms with Gasteiger partial charge >= 0.3 is 5.97 Å². The fourth-order valence-corrected chi connectivity index (χ4v) is 1.36. The van der Waals surface area contributed by atoms with Crippen LogP contribution in [-0.2, 0) is 0 Å². The van der Waals surface area contributed by atoms with Crippen molar-refractivity contribution in [1.82, 2.24) is 20.1 Å². The summed E-state index contributed by atoms with van der Waals surface area (Å²) in [7, 11) is 1.52. The number of carboxylic acids is 1. The summed E-state index contributed by atoms with van der Waals surface area (Å²) in [4.78, 5) is 25.7. The number of aromatic carboxylic acids is 1. The molecule has 7 nitrogen and oxygen atoms in total. The zero-order chi connectivity index (χ0) is 13.1. The molecule has 0 saturated heterocycles. The molecule has 0 unspecified atom stereocenters. The van der Waals surface area contributed by atoms with E-state index >= 15 is 0 Å². The Morgan fingerprint density at radius 2 is 2.06 bits per heavy atom. The maximum absolute atomic E-state index is 11.3. The van der Waals surface area contributed by atoms with Crippen LogP contribution in [0.2, 0.25) is 0 Å². The van der Waals surface area contributed by atoms with E-state index in [-0.39, 0.29) is 17.3 Å². The van der Waals surface area contributed by atoms with Crippen molar-refractivity contribution in [3.63, 3.8) is 0 Å². The van der Waals surface area contributed by atoms with E-state index in [2.05, 4.69) is 15.4 Å². The van der Waals surface area contributed by atoms with Crippen LogP contribution in [0.5, 0.6) is 0 Å². The molecule has 18 heavy (non-hydrogen) atoms. The third-order valence-electron chi connectivity index (χ3n) is 2.28. The van der Waals surface area contributed by atoms with Crippen LogP contribution in [-0.4, -0.2) is 38.8 Å². The summed E-state index contributed by atoms with van der Waals surface area (Å²) in [6, 6.07) is 4.50. The van der Waals surface area contributed by atoms with E-state index in [0.29, 0.717) is 5.69 Å². The third kappa shape index (κ3) is 2.19. The SMILES string of the molecule is CNC(=O)c1ccn(-c2ccc(C(=O)O)nc2)n1. The van der Waals surface area contributed by atoms with Crippen LogP contribution in [0.25, 0.3) is 5.69 Å². The standard InChI is InChI=1S/C11H10N4O3/c1-12-10(16)8-4-5-15(14-8)7-2-3-9(11(17)18)13-6-7/h2-6H,1H3,(H,12,16)(H,17,18). The van der Waals surface area contributed by atoms with Crippen LogP contribution in [0.3, 0.4) is 0 Å². The molecule has 0 radical (unpaired) electrons. The van der Waals surface area contributed by atoms with E-state index in [1.165, 1.54) is 24.0 Å². The lowest BCUT2D eigenvalue weighted by Crippen LogP contribution is -2.18. The number of hydrogen-bond acceptors (Lipinski definition) is 4. The number of amides is 1. The fourth-order valence-electron chi connectivity index (χ4n) is 1.36. The monoisotopic (exact) mass is 246 g/mol. The molecule has 0 aliphatic heterocycles. The van der Waals surface area contributed by atoms with E-state index in [0.717, 1.165) is 0 Å². The number of hydrogen-bond donors (Lipinski definition) is 2. The quantitative estimate of drug-likeness (QED) is 0.813. The molecular formula is C11H10N4O3. The summed E-state index contributed by atoms with van der Waals surface area (Å²) in [5.74, 6) is -1.38. The van der Waals surface area contributed by atoms with Gasteiger partial charge in [-0.3, -0.25) is 4.79 Å². The summed E-state index contributed by atoms with van der Waals surface area (Å²) in [6.45, 7) is 0. The molecule has 0 aliphatic carbocycles. The largest absolute Gasteiger partial charge is 0.477 e. The molecule has 2 heterocycles. The Balaban J connectivity index is 2.29. The number of nitrogens with zero attached hydrogens (tertiary/aromatic N) is 3. The van der Waals surface area contributed by atoms with Gasteiger partial charge in [0.1, 0.15) is 5.69 Å². The van der Waals surface area contributed by atoms with Crippen molar-refractivity contribution < 1.29 is 14.7 Å². The van der Waals surface area contributed by atoms with Crippen molar-refractivity contribution in [1.29, 1.82) is 0 Å². The average molecular weight is 246 g/mol. The van der Waals surface area contributed by atoms with E-state index in [4.69, 9.17) is 5.11 Å². The molecule has 0 aromatic carbocycles. The van der Waals surface area contributed by atoms with Gasteiger partial charge in [0, 0.05) is 13.2 Å². The van der Waals surface area contributed by atoms with E-state index in [9.17, 15) is 9.59 Å². The van der Waals surface area contributed by atoms with Gasteiger partial charge in [-0.2, -0.15) is 5.10 Å². The molecule has 2 N–H and O–H groups in total. The highest BCUT2D eigenvalue weighted by Crippen LogP contribution is 2.07. The summed E-state index contributed by atoms with van der Waals surface area (Å²) in [6.07, 6.45) is 2.98. The Morgan fingerprint density at radius 3 is 2.61 bits per heavy atom. The first-order valence-electron chi connectivity index (χ1n) is 5.09. The number of nitrogens with one attached hydrogen (secondary N) is 1. The summed E-state index contributed by atoms with van der Waals surface area (Å²) in [5.41, 5.74) is 0.812. The molecule has 2 rings (SSSR count). The molecule has 0 bridgehead atoms. The number of carboxylic acid groups (broad SMARTS) is 1.